The molecule has 0 aliphatic carbocycles. The van der Waals surface area contributed by atoms with Gasteiger partial charge in [0.15, 0.2) is 18.1 Å². The molecule has 1 saturated heterocycles. The van der Waals surface area contributed by atoms with Crippen molar-refractivity contribution >= 4 is 34.8 Å². The summed E-state index contributed by atoms with van der Waals surface area (Å²) < 4.78 is 15.5. The summed E-state index contributed by atoms with van der Waals surface area (Å²) >= 11 is 0.927. The molecule has 1 aliphatic rings. The van der Waals surface area contributed by atoms with Crippen LogP contribution in [0.15, 0.2) is 18.2 Å². The first-order valence-corrected chi connectivity index (χ1v) is 9.16. The van der Waals surface area contributed by atoms with Crippen LogP contribution in [0.5, 0.6) is 11.5 Å². The van der Waals surface area contributed by atoms with E-state index in [0.29, 0.717) is 18.1 Å². The van der Waals surface area contributed by atoms with E-state index < -0.39 is 18.5 Å². The zero-order valence-corrected chi connectivity index (χ0v) is 15.8. The van der Waals surface area contributed by atoms with Gasteiger partial charge in [-0.25, -0.2) is 4.79 Å². The van der Waals surface area contributed by atoms with E-state index in [9.17, 15) is 19.2 Å². The molecule has 0 aromatic heterocycles. The van der Waals surface area contributed by atoms with E-state index in [1.54, 1.807) is 13.0 Å². The molecule has 0 bridgehead atoms. The summed E-state index contributed by atoms with van der Waals surface area (Å²) in [5.74, 6) is -0.498. The summed E-state index contributed by atoms with van der Waals surface area (Å²) in [6.45, 7) is 1.89. The molecule has 10 heteroatoms. The Morgan fingerprint density at radius 3 is 2.67 bits per heavy atom. The number of rotatable bonds is 9. The van der Waals surface area contributed by atoms with Crippen molar-refractivity contribution in [1.29, 1.82) is 0 Å². The number of nitrogens with one attached hydrogen (secondary N) is 1. The number of benzene rings is 1. The smallest absolute Gasteiger partial charge is 0.338 e. The summed E-state index contributed by atoms with van der Waals surface area (Å²) in [7, 11) is 1.49. The fourth-order valence-electron chi connectivity index (χ4n) is 2.24. The molecule has 1 heterocycles. The lowest BCUT2D eigenvalue weighted by Gasteiger charge is -2.13. The number of methoxy groups -OCH3 is 1. The van der Waals surface area contributed by atoms with Crippen LogP contribution in [0.25, 0.3) is 0 Å². The molecule has 0 spiro atoms. The summed E-state index contributed by atoms with van der Waals surface area (Å²) in [5, 5.41) is 2.16. The molecular formula is C17H20N2O7S. The molecule has 1 aliphatic heterocycles. The number of ether oxygens (including phenoxy) is 3. The number of carbonyl (C=O) groups is 4. The number of nitrogens with zero attached hydrogens (tertiary/aromatic N) is 1. The first-order chi connectivity index (χ1) is 13.0. The van der Waals surface area contributed by atoms with Gasteiger partial charge < -0.3 is 19.5 Å². The molecule has 3 amide bonds. The van der Waals surface area contributed by atoms with Gasteiger partial charge in [0.05, 0.1) is 25.0 Å². The van der Waals surface area contributed by atoms with Crippen molar-refractivity contribution in [2.45, 2.75) is 6.92 Å². The molecule has 146 valence electrons. The van der Waals surface area contributed by atoms with Gasteiger partial charge in [0.2, 0.25) is 5.91 Å². The van der Waals surface area contributed by atoms with E-state index in [0.717, 1.165) is 16.7 Å². The number of esters is 1. The molecule has 0 unspecified atom stereocenters. The van der Waals surface area contributed by atoms with Crippen LogP contribution >= 0.6 is 11.8 Å². The van der Waals surface area contributed by atoms with Crippen LogP contribution in [0.2, 0.25) is 0 Å². The van der Waals surface area contributed by atoms with Gasteiger partial charge in [-0.05, 0) is 25.1 Å². The summed E-state index contributed by atoms with van der Waals surface area (Å²) in [6, 6.07) is 4.55. The first kappa shape index (κ1) is 20.6. The normalized spacial score (nSPS) is 13.5. The second-order valence-electron chi connectivity index (χ2n) is 5.32. The molecule has 1 aromatic rings. The molecule has 0 saturated carbocycles. The Morgan fingerprint density at radius 1 is 1.26 bits per heavy atom. The number of hydrogen-bond donors (Lipinski definition) is 1. The highest BCUT2D eigenvalue weighted by molar-refractivity contribution is 8.14. The van der Waals surface area contributed by atoms with Gasteiger partial charge in [-0.2, -0.15) is 0 Å². The minimum absolute atomic E-state index is 0.0839. The Hall–Kier alpha value is -2.75. The molecular weight excluding hydrogens is 376 g/mol. The lowest BCUT2D eigenvalue weighted by Crippen LogP contribution is -2.38. The zero-order valence-electron chi connectivity index (χ0n) is 15.0. The predicted molar refractivity (Wildman–Crippen MR) is 97.0 cm³/mol. The Balaban J connectivity index is 1.79. The highest BCUT2D eigenvalue weighted by atomic mass is 32.2. The average molecular weight is 396 g/mol. The van der Waals surface area contributed by atoms with Crippen molar-refractivity contribution in [3.8, 4) is 11.5 Å². The zero-order chi connectivity index (χ0) is 19.8. The third kappa shape index (κ3) is 5.61. The molecule has 0 atom stereocenters. The number of amides is 3. The quantitative estimate of drug-likeness (QED) is 0.617. The van der Waals surface area contributed by atoms with Crippen LogP contribution in [0, 0.1) is 0 Å². The van der Waals surface area contributed by atoms with E-state index in [2.05, 4.69) is 5.32 Å². The van der Waals surface area contributed by atoms with Crippen LogP contribution in [-0.4, -0.2) is 67.1 Å². The fourth-order valence-corrected chi connectivity index (χ4v) is 2.99. The summed E-state index contributed by atoms with van der Waals surface area (Å²) in [4.78, 5) is 47.8. The van der Waals surface area contributed by atoms with Crippen molar-refractivity contribution in [3.05, 3.63) is 23.8 Å². The molecule has 1 aromatic carbocycles. The van der Waals surface area contributed by atoms with Crippen molar-refractivity contribution in [2.75, 3.05) is 39.2 Å². The Kier molecular flexibility index (Phi) is 7.47. The third-order valence-corrected chi connectivity index (χ3v) is 4.39. The maximum atomic E-state index is 12.1. The second kappa shape index (κ2) is 9.81. The lowest BCUT2D eigenvalue weighted by atomic mass is 10.2. The van der Waals surface area contributed by atoms with Crippen LogP contribution in [0.4, 0.5) is 4.79 Å². The maximum Gasteiger partial charge on any atom is 0.338 e. The van der Waals surface area contributed by atoms with Crippen molar-refractivity contribution in [2.24, 2.45) is 0 Å². The lowest BCUT2D eigenvalue weighted by molar-refractivity contribution is -0.126. The van der Waals surface area contributed by atoms with Crippen molar-refractivity contribution in [1.82, 2.24) is 10.2 Å². The third-order valence-electron chi connectivity index (χ3n) is 3.53. The second-order valence-corrected chi connectivity index (χ2v) is 6.25. The van der Waals surface area contributed by atoms with E-state index in [1.807, 2.05) is 0 Å². The molecule has 9 nitrogen and oxygen atoms in total. The number of carbonyl (C=O) groups excluding carboxylic acids is 4. The van der Waals surface area contributed by atoms with Gasteiger partial charge in [0.1, 0.15) is 0 Å². The Bertz CT molecular complexity index is 722. The van der Waals surface area contributed by atoms with Crippen LogP contribution in [0.3, 0.4) is 0 Å². The van der Waals surface area contributed by atoms with Gasteiger partial charge in [-0.3, -0.25) is 19.3 Å². The Labute approximate surface area is 160 Å². The van der Waals surface area contributed by atoms with E-state index in [-0.39, 0.29) is 35.6 Å². The molecule has 27 heavy (non-hydrogen) atoms. The summed E-state index contributed by atoms with van der Waals surface area (Å²) in [5.41, 5.74) is 0.220. The van der Waals surface area contributed by atoms with Crippen LogP contribution in [-0.2, 0) is 14.3 Å². The van der Waals surface area contributed by atoms with E-state index >= 15 is 0 Å². The SMILES string of the molecule is CCOc1cc(C(=O)OCC(=O)NCCN2C(=O)CSC2=O)ccc1OC. The van der Waals surface area contributed by atoms with Gasteiger partial charge in [-0.15, -0.1) is 0 Å². The number of hydrogen-bond acceptors (Lipinski definition) is 8. The highest BCUT2D eigenvalue weighted by Gasteiger charge is 2.29. The molecule has 1 N–H and O–H groups in total. The monoisotopic (exact) mass is 396 g/mol. The Morgan fingerprint density at radius 2 is 2.04 bits per heavy atom. The van der Waals surface area contributed by atoms with Crippen molar-refractivity contribution in [3.63, 3.8) is 0 Å². The van der Waals surface area contributed by atoms with Crippen LogP contribution < -0.4 is 14.8 Å². The number of imide groups is 1. The summed E-state index contributed by atoms with van der Waals surface area (Å²) in [6.07, 6.45) is 0. The fraction of sp³-hybridized carbons (Fsp3) is 0.412. The minimum Gasteiger partial charge on any atom is -0.493 e. The predicted octanol–water partition coefficient (Wildman–Crippen LogP) is 1.06. The maximum absolute atomic E-state index is 12.1. The van der Waals surface area contributed by atoms with Gasteiger partial charge in [0.25, 0.3) is 11.1 Å². The topological polar surface area (TPSA) is 111 Å². The average Bonchev–Trinajstić information content (AvgIpc) is 2.98. The number of thioether (sulfide) groups is 1. The first-order valence-electron chi connectivity index (χ1n) is 8.18. The largest absolute Gasteiger partial charge is 0.493 e. The standard InChI is InChI=1S/C17H20N2O7S/c1-3-25-13-8-11(4-5-12(13)24-2)16(22)26-9-14(20)18-6-7-19-15(21)10-27-17(19)23/h4-5,8H,3,6-7,9-10H2,1-2H3,(H,18,20). The van der Waals surface area contributed by atoms with Crippen LogP contribution in [0.1, 0.15) is 17.3 Å². The van der Waals surface area contributed by atoms with Gasteiger partial charge >= 0.3 is 5.97 Å². The molecule has 2 rings (SSSR count). The molecule has 0 radical (unpaired) electrons. The van der Waals surface area contributed by atoms with E-state index in [4.69, 9.17) is 14.2 Å². The van der Waals surface area contributed by atoms with Gasteiger partial charge in [-0.1, -0.05) is 11.8 Å². The van der Waals surface area contributed by atoms with E-state index in [1.165, 1.54) is 19.2 Å². The molecule has 1 fully saturated rings. The van der Waals surface area contributed by atoms with Gasteiger partial charge in [0, 0.05) is 13.1 Å². The highest BCUT2D eigenvalue weighted by Crippen LogP contribution is 2.28. The van der Waals surface area contributed by atoms with Crippen molar-refractivity contribution < 1.29 is 33.4 Å². The minimum atomic E-state index is -0.685.